The summed E-state index contributed by atoms with van der Waals surface area (Å²) in [6, 6.07) is 4.31. The van der Waals surface area contributed by atoms with Gasteiger partial charge in [0.05, 0.1) is 5.04 Å². The summed E-state index contributed by atoms with van der Waals surface area (Å²) < 4.78 is 0. The van der Waals surface area contributed by atoms with E-state index in [0.29, 0.717) is 0 Å². The van der Waals surface area contributed by atoms with Crippen molar-refractivity contribution in [2.24, 2.45) is 4.99 Å². The maximum absolute atomic E-state index is 4.42. The molecule has 1 nitrogen and oxygen atoms in total. The van der Waals surface area contributed by atoms with E-state index in [1.54, 1.807) is 0 Å². The molecule has 0 atom stereocenters. The lowest BCUT2D eigenvalue weighted by molar-refractivity contribution is 1.07. The van der Waals surface area contributed by atoms with Gasteiger partial charge in [0, 0.05) is 23.6 Å². The fraction of sp³-hybridized carbons (Fsp3) is 0.444. The Morgan fingerprint density at radius 1 is 1.42 bits per heavy atom. The Morgan fingerprint density at radius 2 is 2.42 bits per heavy atom. The van der Waals surface area contributed by atoms with Crippen LogP contribution in [0.25, 0.3) is 0 Å². The minimum Gasteiger partial charge on any atom is -0.282 e. The van der Waals surface area contributed by atoms with Gasteiger partial charge in [0.25, 0.3) is 0 Å². The zero-order valence-corrected chi connectivity index (χ0v) is 8.46. The Morgan fingerprint density at radius 3 is 3.08 bits per heavy atom. The maximum Gasteiger partial charge on any atom is 0.0680 e. The number of rotatable bonds is 3. The van der Waals surface area contributed by atoms with Gasteiger partial charge in [-0.15, -0.1) is 23.1 Å². The molecule has 0 unspecified atom stereocenters. The molecule has 2 rings (SSSR count). The third kappa shape index (κ3) is 2.11. The third-order valence-electron chi connectivity index (χ3n) is 1.81. The van der Waals surface area contributed by atoms with Crippen LogP contribution in [0.3, 0.4) is 0 Å². The molecule has 0 saturated heterocycles. The molecule has 1 aliphatic heterocycles. The van der Waals surface area contributed by atoms with Crippen molar-refractivity contribution >= 4 is 28.1 Å². The van der Waals surface area contributed by atoms with E-state index in [9.17, 15) is 0 Å². The summed E-state index contributed by atoms with van der Waals surface area (Å²) in [7, 11) is 0. The summed E-state index contributed by atoms with van der Waals surface area (Å²) in [6.07, 6.45) is 2.31. The first kappa shape index (κ1) is 8.32. The predicted octanol–water partition coefficient (Wildman–Crippen LogP) is 2.83. The van der Waals surface area contributed by atoms with Gasteiger partial charge in [0.1, 0.15) is 0 Å². The number of thiophene rings is 1. The maximum atomic E-state index is 4.42. The first-order valence-corrected chi connectivity index (χ1v) is 6.00. The summed E-state index contributed by atoms with van der Waals surface area (Å²) in [6.45, 7) is 1.03. The molecule has 1 aromatic heterocycles. The van der Waals surface area contributed by atoms with E-state index in [2.05, 4.69) is 22.5 Å². The molecule has 0 N–H and O–H groups in total. The molecule has 12 heavy (non-hydrogen) atoms. The Balaban J connectivity index is 1.82. The Labute approximate surface area is 80.9 Å². The molecule has 0 radical (unpaired) electrons. The van der Waals surface area contributed by atoms with Crippen LogP contribution in [0.1, 0.15) is 11.3 Å². The van der Waals surface area contributed by atoms with E-state index in [0.717, 1.165) is 13.0 Å². The van der Waals surface area contributed by atoms with Crippen LogP contribution in [0, 0.1) is 0 Å². The fourth-order valence-corrected chi connectivity index (χ4v) is 2.77. The minimum atomic E-state index is 1.03. The van der Waals surface area contributed by atoms with Crippen molar-refractivity contribution in [1.82, 2.24) is 0 Å². The fourth-order valence-electron chi connectivity index (χ4n) is 1.22. The molecular weight excluding hydrogens is 186 g/mol. The highest BCUT2D eigenvalue weighted by Gasteiger charge is 2.06. The van der Waals surface area contributed by atoms with Gasteiger partial charge in [0.2, 0.25) is 0 Å². The van der Waals surface area contributed by atoms with Crippen LogP contribution in [0.2, 0.25) is 0 Å². The first-order valence-electron chi connectivity index (χ1n) is 4.13. The van der Waals surface area contributed by atoms with Crippen LogP contribution in [-0.4, -0.2) is 17.3 Å². The van der Waals surface area contributed by atoms with E-state index < -0.39 is 0 Å². The summed E-state index contributed by atoms with van der Waals surface area (Å²) in [4.78, 5) is 5.90. The van der Waals surface area contributed by atoms with Crippen LogP contribution >= 0.6 is 23.1 Å². The van der Waals surface area contributed by atoms with Crippen LogP contribution < -0.4 is 0 Å². The molecule has 0 aromatic carbocycles. The van der Waals surface area contributed by atoms with E-state index in [4.69, 9.17) is 0 Å². The van der Waals surface area contributed by atoms with Gasteiger partial charge in [-0.1, -0.05) is 6.07 Å². The Kier molecular flexibility index (Phi) is 2.84. The molecule has 0 bridgehead atoms. The molecule has 0 saturated carbocycles. The van der Waals surface area contributed by atoms with E-state index >= 15 is 0 Å². The Bertz CT molecular complexity index is 264. The van der Waals surface area contributed by atoms with Crippen LogP contribution in [0.4, 0.5) is 0 Å². The number of nitrogens with zero attached hydrogens (tertiary/aromatic N) is 1. The minimum absolute atomic E-state index is 1.03. The molecule has 0 spiro atoms. The largest absolute Gasteiger partial charge is 0.282 e. The van der Waals surface area contributed by atoms with Gasteiger partial charge in [-0.05, 0) is 17.9 Å². The monoisotopic (exact) mass is 197 g/mol. The SMILES string of the molecule is c1csc(CCC2=NCCS2)c1. The second-order valence-corrected chi connectivity index (χ2v) is 4.90. The number of aryl methyl sites for hydroxylation is 1. The van der Waals surface area contributed by atoms with Crippen molar-refractivity contribution < 1.29 is 0 Å². The first-order chi connectivity index (χ1) is 5.95. The van der Waals surface area contributed by atoms with Crippen LogP contribution in [0.15, 0.2) is 22.5 Å². The van der Waals surface area contributed by atoms with E-state index in [-0.39, 0.29) is 0 Å². The average molecular weight is 197 g/mol. The van der Waals surface area contributed by atoms with Crippen molar-refractivity contribution in [1.29, 1.82) is 0 Å². The lowest BCUT2D eigenvalue weighted by Gasteiger charge is -1.96. The number of aliphatic imine (C=N–C) groups is 1. The van der Waals surface area contributed by atoms with Gasteiger partial charge >= 0.3 is 0 Å². The highest BCUT2D eigenvalue weighted by atomic mass is 32.2. The van der Waals surface area contributed by atoms with E-state index in [1.165, 1.54) is 22.1 Å². The normalized spacial score (nSPS) is 16.5. The zero-order chi connectivity index (χ0) is 8.23. The zero-order valence-electron chi connectivity index (χ0n) is 6.82. The summed E-state index contributed by atoms with van der Waals surface area (Å²) in [5.41, 5.74) is 0. The number of thioether (sulfide) groups is 1. The topological polar surface area (TPSA) is 12.4 Å². The molecule has 1 aliphatic rings. The molecule has 0 fully saturated rings. The lowest BCUT2D eigenvalue weighted by atomic mass is 10.3. The molecule has 0 aliphatic carbocycles. The van der Waals surface area contributed by atoms with Gasteiger partial charge in [-0.2, -0.15) is 0 Å². The summed E-state index contributed by atoms with van der Waals surface area (Å²) >= 11 is 3.76. The van der Waals surface area contributed by atoms with Crippen molar-refractivity contribution in [2.75, 3.05) is 12.3 Å². The van der Waals surface area contributed by atoms with Crippen molar-refractivity contribution in [3.05, 3.63) is 22.4 Å². The molecule has 3 heteroatoms. The van der Waals surface area contributed by atoms with Crippen LogP contribution in [0.5, 0.6) is 0 Å². The van der Waals surface area contributed by atoms with Crippen LogP contribution in [-0.2, 0) is 6.42 Å². The highest BCUT2D eigenvalue weighted by Crippen LogP contribution is 2.18. The van der Waals surface area contributed by atoms with Gasteiger partial charge in [-0.3, -0.25) is 4.99 Å². The predicted molar refractivity (Wildman–Crippen MR) is 57.4 cm³/mol. The molecule has 1 aromatic rings. The quantitative estimate of drug-likeness (QED) is 0.726. The highest BCUT2D eigenvalue weighted by molar-refractivity contribution is 8.14. The second-order valence-electron chi connectivity index (χ2n) is 2.70. The van der Waals surface area contributed by atoms with Gasteiger partial charge in [-0.25, -0.2) is 0 Å². The number of hydrogen-bond donors (Lipinski definition) is 0. The van der Waals surface area contributed by atoms with E-state index in [1.807, 2.05) is 23.1 Å². The lowest BCUT2D eigenvalue weighted by Crippen LogP contribution is -1.90. The van der Waals surface area contributed by atoms with Crippen molar-refractivity contribution in [3.8, 4) is 0 Å². The van der Waals surface area contributed by atoms with Crippen molar-refractivity contribution in [3.63, 3.8) is 0 Å². The van der Waals surface area contributed by atoms with Gasteiger partial charge < -0.3 is 0 Å². The molecular formula is C9H11NS2. The molecule has 2 heterocycles. The summed E-state index contributed by atoms with van der Waals surface area (Å²) in [5, 5.41) is 3.49. The van der Waals surface area contributed by atoms with Crippen molar-refractivity contribution in [2.45, 2.75) is 12.8 Å². The van der Waals surface area contributed by atoms with Gasteiger partial charge in [0.15, 0.2) is 0 Å². The third-order valence-corrected chi connectivity index (χ3v) is 3.80. The molecule has 64 valence electrons. The smallest absolute Gasteiger partial charge is 0.0680 e. The average Bonchev–Trinajstić information content (AvgIpc) is 2.74. The standard InChI is InChI=1S/C9H11NS2/c1-2-8(11-6-1)3-4-9-10-5-7-12-9/h1-2,6H,3-5,7H2. The second kappa shape index (κ2) is 4.10. The number of hydrogen-bond acceptors (Lipinski definition) is 3. The molecule has 0 amide bonds. The Hall–Kier alpha value is -0.280. The summed E-state index contributed by atoms with van der Waals surface area (Å²) in [5.74, 6) is 1.19.